The second-order valence-corrected chi connectivity index (χ2v) is 11.0. The second-order valence-electron chi connectivity index (χ2n) is 8.67. The number of hydrogen-bond acceptors (Lipinski definition) is 7. The number of benzene rings is 3. The largest absolute Gasteiger partial charge is 0.497 e. The van der Waals surface area contributed by atoms with E-state index in [9.17, 15) is 14.4 Å². The summed E-state index contributed by atoms with van der Waals surface area (Å²) in [6, 6.07) is 22.0. The quantitative estimate of drug-likeness (QED) is 0.171. The van der Waals surface area contributed by atoms with Crippen molar-refractivity contribution < 1.29 is 23.9 Å². The lowest BCUT2D eigenvalue weighted by Crippen LogP contribution is -2.23. The van der Waals surface area contributed by atoms with Crippen molar-refractivity contribution in [3.63, 3.8) is 0 Å². The maximum atomic E-state index is 13.1. The summed E-state index contributed by atoms with van der Waals surface area (Å²) in [5.41, 5.74) is 4.14. The predicted molar refractivity (Wildman–Crippen MR) is 157 cm³/mol. The van der Waals surface area contributed by atoms with Gasteiger partial charge in [-0.05, 0) is 61.9 Å². The Morgan fingerprint density at radius 2 is 1.64 bits per heavy atom. The van der Waals surface area contributed by atoms with Gasteiger partial charge in [0.2, 0.25) is 5.91 Å². The van der Waals surface area contributed by atoms with Gasteiger partial charge in [0.25, 0.3) is 5.91 Å². The molecule has 9 heteroatoms. The number of methoxy groups -OCH3 is 2. The van der Waals surface area contributed by atoms with Crippen LogP contribution in [0, 0.1) is 6.92 Å². The highest BCUT2D eigenvalue weighted by Crippen LogP contribution is 2.37. The molecule has 1 heterocycles. The molecular weight excluding hydrogens is 532 g/mol. The minimum Gasteiger partial charge on any atom is -0.497 e. The smallest absolute Gasteiger partial charge is 0.341 e. The van der Waals surface area contributed by atoms with Gasteiger partial charge in [0.05, 0.1) is 19.5 Å². The molecule has 0 aliphatic heterocycles. The first-order chi connectivity index (χ1) is 18.8. The standard InChI is InChI=1S/C30H28N2O5S2/c1-18-8-10-20(11-9-18)25-17-38-29(26(25)30(35)37-4)32-27(33)19(2)39-24-7-5-6-22(16-24)31-28(34)21-12-14-23(36-3)15-13-21/h5-17,19H,1-4H3,(H,31,34)(H,32,33). The number of esters is 1. The van der Waals surface area contributed by atoms with E-state index in [-0.39, 0.29) is 11.8 Å². The lowest BCUT2D eigenvalue weighted by atomic mass is 10.0. The van der Waals surface area contributed by atoms with E-state index in [1.807, 2.05) is 54.8 Å². The molecule has 2 N–H and O–H groups in total. The average molecular weight is 561 g/mol. The summed E-state index contributed by atoms with van der Waals surface area (Å²) in [7, 11) is 2.89. The van der Waals surface area contributed by atoms with Gasteiger partial charge >= 0.3 is 5.97 Å². The van der Waals surface area contributed by atoms with E-state index in [0.29, 0.717) is 33.1 Å². The van der Waals surface area contributed by atoms with Crippen molar-refractivity contribution >= 4 is 51.6 Å². The molecule has 0 saturated carbocycles. The molecule has 1 aromatic heterocycles. The van der Waals surface area contributed by atoms with Gasteiger partial charge in [-0.15, -0.1) is 23.1 Å². The Morgan fingerprint density at radius 3 is 2.31 bits per heavy atom. The van der Waals surface area contributed by atoms with Crippen LogP contribution in [0.1, 0.15) is 33.2 Å². The molecule has 1 unspecified atom stereocenters. The van der Waals surface area contributed by atoms with Gasteiger partial charge < -0.3 is 20.1 Å². The normalized spacial score (nSPS) is 11.4. The fraction of sp³-hybridized carbons (Fsp3) is 0.167. The van der Waals surface area contributed by atoms with Crippen LogP contribution in [0.15, 0.2) is 83.1 Å². The molecule has 0 aliphatic rings. The summed E-state index contributed by atoms with van der Waals surface area (Å²) in [6.07, 6.45) is 0. The predicted octanol–water partition coefficient (Wildman–Crippen LogP) is 6.89. The van der Waals surface area contributed by atoms with E-state index in [1.54, 1.807) is 44.4 Å². The van der Waals surface area contributed by atoms with Crippen LogP contribution in [-0.4, -0.2) is 37.3 Å². The number of nitrogens with one attached hydrogen (secondary N) is 2. The molecule has 1 atom stereocenters. The number of hydrogen-bond donors (Lipinski definition) is 2. The molecule has 0 saturated heterocycles. The van der Waals surface area contributed by atoms with Crippen LogP contribution < -0.4 is 15.4 Å². The molecular formula is C30H28N2O5S2. The minimum absolute atomic E-state index is 0.247. The van der Waals surface area contributed by atoms with E-state index >= 15 is 0 Å². The van der Waals surface area contributed by atoms with E-state index in [1.165, 1.54) is 30.2 Å². The molecule has 0 aliphatic carbocycles. The van der Waals surface area contributed by atoms with Crippen molar-refractivity contribution in [3.8, 4) is 16.9 Å². The Bertz CT molecular complexity index is 1480. The number of thioether (sulfide) groups is 1. The zero-order valence-electron chi connectivity index (χ0n) is 21.9. The van der Waals surface area contributed by atoms with Gasteiger partial charge in [0.15, 0.2) is 0 Å². The number of anilines is 2. The number of carbonyl (C=O) groups excluding carboxylic acids is 3. The molecule has 0 spiro atoms. The highest BCUT2D eigenvalue weighted by Gasteiger charge is 2.24. The maximum Gasteiger partial charge on any atom is 0.341 e. The summed E-state index contributed by atoms with van der Waals surface area (Å²) < 4.78 is 10.2. The van der Waals surface area contributed by atoms with E-state index in [0.717, 1.165) is 16.0 Å². The van der Waals surface area contributed by atoms with Gasteiger partial charge in [-0.2, -0.15) is 0 Å². The number of carbonyl (C=O) groups is 3. The van der Waals surface area contributed by atoms with Crippen molar-refractivity contribution in [2.45, 2.75) is 24.0 Å². The SMILES string of the molecule is COC(=O)c1c(-c2ccc(C)cc2)csc1NC(=O)C(C)Sc1cccc(NC(=O)c2ccc(OC)cc2)c1. The third kappa shape index (κ3) is 6.87. The van der Waals surface area contributed by atoms with Crippen molar-refractivity contribution in [3.05, 3.63) is 94.9 Å². The van der Waals surface area contributed by atoms with Gasteiger partial charge in [0, 0.05) is 27.1 Å². The molecule has 3 aromatic carbocycles. The zero-order valence-corrected chi connectivity index (χ0v) is 23.6. The summed E-state index contributed by atoms with van der Waals surface area (Å²) in [4.78, 5) is 39.2. The highest BCUT2D eigenvalue weighted by molar-refractivity contribution is 8.00. The third-order valence-corrected chi connectivity index (χ3v) is 7.90. The van der Waals surface area contributed by atoms with Crippen LogP contribution in [0.5, 0.6) is 5.75 Å². The fourth-order valence-electron chi connectivity index (χ4n) is 3.76. The van der Waals surface area contributed by atoms with Gasteiger partial charge in [0.1, 0.15) is 16.3 Å². The Kier molecular flexibility index (Phi) is 9.06. The van der Waals surface area contributed by atoms with Crippen LogP contribution in [0.4, 0.5) is 10.7 Å². The Hall–Kier alpha value is -4.08. The molecule has 4 rings (SSSR count). The third-order valence-electron chi connectivity index (χ3n) is 5.91. The van der Waals surface area contributed by atoms with Gasteiger partial charge in [-0.3, -0.25) is 9.59 Å². The number of amides is 2. The zero-order chi connectivity index (χ0) is 27.9. The van der Waals surface area contributed by atoms with E-state index in [4.69, 9.17) is 9.47 Å². The molecule has 0 bridgehead atoms. The Balaban J connectivity index is 1.44. The molecule has 4 aromatic rings. The first-order valence-corrected chi connectivity index (χ1v) is 13.8. The van der Waals surface area contributed by atoms with E-state index in [2.05, 4.69) is 10.6 Å². The van der Waals surface area contributed by atoms with Crippen LogP contribution in [-0.2, 0) is 9.53 Å². The van der Waals surface area contributed by atoms with Crippen LogP contribution >= 0.6 is 23.1 Å². The average Bonchev–Trinajstić information content (AvgIpc) is 3.36. The highest BCUT2D eigenvalue weighted by atomic mass is 32.2. The van der Waals surface area contributed by atoms with Gasteiger partial charge in [-0.25, -0.2) is 4.79 Å². The van der Waals surface area contributed by atoms with Crippen LogP contribution in [0.25, 0.3) is 11.1 Å². The lowest BCUT2D eigenvalue weighted by molar-refractivity contribution is -0.115. The molecule has 200 valence electrons. The number of rotatable bonds is 9. The van der Waals surface area contributed by atoms with E-state index < -0.39 is 11.2 Å². The monoisotopic (exact) mass is 560 g/mol. The van der Waals surface area contributed by atoms with Gasteiger partial charge in [-0.1, -0.05) is 35.9 Å². The number of aryl methyl sites for hydroxylation is 1. The Labute approximate surface area is 235 Å². The topological polar surface area (TPSA) is 93.7 Å². The summed E-state index contributed by atoms with van der Waals surface area (Å²) in [5.74, 6) is -0.342. The van der Waals surface area contributed by atoms with Crippen molar-refractivity contribution in [1.82, 2.24) is 0 Å². The minimum atomic E-state index is -0.511. The van der Waals surface area contributed by atoms with Crippen molar-refractivity contribution in [2.75, 3.05) is 24.9 Å². The summed E-state index contributed by atoms with van der Waals surface area (Å²) >= 11 is 2.63. The molecule has 7 nitrogen and oxygen atoms in total. The first kappa shape index (κ1) is 27.9. The molecule has 0 fully saturated rings. The molecule has 39 heavy (non-hydrogen) atoms. The summed E-state index contributed by atoms with van der Waals surface area (Å²) in [5, 5.41) is 7.59. The summed E-state index contributed by atoms with van der Waals surface area (Å²) in [6.45, 7) is 3.78. The number of thiophene rings is 1. The second kappa shape index (κ2) is 12.6. The fourth-order valence-corrected chi connectivity index (χ4v) is 5.65. The van der Waals surface area contributed by atoms with Crippen molar-refractivity contribution in [2.24, 2.45) is 0 Å². The Morgan fingerprint density at radius 1 is 0.923 bits per heavy atom. The maximum absolute atomic E-state index is 13.1. The van der Waals surface area contributed by atoms with Crippen molar-refractivity contribution in [1.29, 1.82) is 0 Å². The lowest BCUT2D eigenvalue weighted by Gasteiger charge is -2.13. The van der Waals surface area contributed by atoms with Crippen LogP contribution in [0.3, 0.4) is 0 Å². The van der Waals surface area contributed by atoms with Crippen LogP contribution in [0.2, 0.25) is 0 Å². The molecule has 0 radical (unpaired) electrons. The first-order valence-electron chi connectivity index (χ1n) is 12.1. The number of ether oxygens (including phenoxy) is 2. The molecule has 2 amide bonds.